The molecule has 0 radical (unpaired) electrons. The van der Waals surface area contributed by atoms with Gasteiger partial charge in [0.2, 0.25) is 5.89 Å². The highest BCUT2D eigenvalue weighted by atomic mass is 35.5. The number of oxazole rings is 1. The van der Waals surface area contributed by atoms with E-state index >= 15 is 0 Å². The summed E-state index contributed by atoms with van der Waals surface area (Å²) in [6, 6.07) is 14.5. The molecule has 142 valence electrons. The molecule has 0 unspecified atom stereocenters. The first kappa shape index (κ1) is 18.1. The molecule has 0 bridgehead atoms. The summed E-state index contributed by atoms with van der Waals surface area (Å²) in [7, 11) is 1.35. The first-order valence-electron chi connectivity index (χ1n) is 8.61. The first-order valence-corrected chi connectivity index (χ1v) is 8.98. The standard InChI is InChI=1S/C21H17ClN2O4/c1-13-16(23-20(28-13)14-5-3-6-15(22)11-14)12-24-17(19-7-4-10-27-19)8-9-18(24)21(25)26-2/h3-11H,12H2,1-2H3. The lowest BCUT2D eigenvalue weighted by atomic mass is 10.2. The van der Waals surface area contributed by atoms with Crippen LogP contribution >= 0.6 is 11.6 Å². The monoisotopic (exact) mass is 396 g/mol. The third-order valence-electron chi connectivity index (χ3n) is 4.42. The van der Waals surface area contributed by atoms with Crippen molar-refractivity contribution in [3.8, 4) is 22.9 Å². The van der Waals surface area contributed by atoms with Crippen LogP contribution in [0.15, 0.2) is 63.6 Å². The second kappa shape index (κ2) is 7.40. The number of benzene rings is 1. The first-order chi connectivity index (χ1) is 13.6. The number of nitrogens with zero attached hydrogens (tertiary/aromatic N) is 2. The number of carbonyl (C=O) groups excluding carboxylic acids is 1. The van der Waals surface area contributed by atoms with E-state index in [0.717, 1.165) is 11.3 Å². The quantitative estimate of drug-likeness (QED) is 0.433. The minimum atomic E-state index is -0.436. The molecule has 0 spiro atoms. The number of ether oxygens (including phenoxy) is 1. The number of esters is 1. The summed E-state index contributed by atoms with van der Waals surface area (Å²) in [6.45, 7) is 2.16. The molecule has 0 saturated carbocycles. The molecule has 0 aliphatic rings. The Labute approximate surface area is 166 Å². The average molecular weight is 397 g/mol. The van der Waals surface area contributed by atoms with Gasteiger partial charge >= 0.3 is 5.97 Å². The smallest absolute Gasteiger partial charge is 0.354 e. The van der Waals surface area contributed by atoms with E-state index in [2.05, 4.69) is 4.98 Å². The molecule has 0 saturated heterocycles. The minimum Gasteiger partial charge on any atom is -0.464 e. The van der Waals surface area contributed by atoms with E-state index in [1.54, 1.807) is 35.1 Å². The Bertz CT molecular complexity index is 1130. The highest BCUT2D eigenvalue weighted by Gasteiger charge is 2.21. The summed E-state index contributed by atoms with van der Waals surface area (Å²) in [6.07, 6.45) is 1.59. The van der Waals surface area contributed by atoms with Gasteiger partial charge in [-0.1, -0.05) is 17.7 Å². The minimum absolute atomic E-state index is 0.323. The zero-order chi connectivity index (χ0) is 19.7. The molecule has 1 aromatic carbocycles. The summed E-state index contributed by atoms with van der Waals surface area (Å²) < 4.78 is 18.1. The number of halogens is 1. The third kappa shape index (κ3) is 3.34. The van der Waals surface area contributed by atoms with Crippen LogP contribution in [0.1, 0.15) is 21.9 Å². The molecule has 7 heteroatoms. The van der Waals surface area contributed by atoms with Gasteiger partial charge in [-0.3, -0.25) is 0 Å². The fourth-order valence-corrected chi connectivity index (χ4v) is 3.22. The Morgan fingerprint density at radius 2 is 2.07 bits per heavy atom. The molecule has 28 heavy (non-hydrogen) atoms. The highest BCUT2D eigenvalue weighted by Crippen LogP contribution is 2.28. The average Bonchev–Trinajstić information content (AvgIpc) is 3.42. The van der Waals surface area contributed by atoms with E-state index in [9.17, 15) is 4.79 Å². The van der Waals surface area contributed by atoms with Crippen molar-refractivity contribution in [3.63, 3.8) is 0 Å². The molecule has 0 atom stereocenters. The zero-order valence-corrected chi connectivity index (χ0v) is 16.1. The third-order valence-corrected chi connectivity index (χ3v) is 4.66. The summed E-state index contributed by atoms with van der Waals surface area (Å²) in [5, 5.41) is 0.605. The lowest BCUT2D eigenvalue weighted by Crippen LogP contribution is -2.13. The van der Waals surface area contributed by atoms with E-state index in [-0.39, 0.29) is 0 Å². The van der Waals surface area contributed by atoms with Crippen LogP contribution in [0.5, 0.6) is 0 Å². The van der Waals surface area contributed by atoms with Crippen LogP contribution in [0.4, 0.5) is 0 Å². The van der Waals surface area contributed by atoms with Crippen LogP contribution in [0, 0.1) is 6.92 Å². The molecule has 3 heterocycles. The van der Waals surface area contributed by atoms with Crippen molar-refractivity contribution in [1.82, 2.24) is 9.55 Å². The van der Waals surface area contributed by atoms with Crippen molar-refractivity contribution in [3.05, 3.63) is 77.0 Å². The van der Waals surface area contributed by atoms with Crippen LogP contribution in [0.25, 0.3) is 22.9 Å². The highest BCUT2D eigenvalue weighted by molar-refractivity contribution is 6.30. The van der Waals surface area contributed by atoms with Crippen LogP contribution in [-0.2, 0) is 11.3 Å². The van der Waals surface area contributed by atoms with Gasteiger partial charge in [0, 0.05) is 10.6 Å². The van der Waals surface area contributed by atoms with Crippen molar-refractivity contribution in [2.24, 2.45) is 0 Å². The Balaban J connectivity index is 1.75. The van der Waals surface area contributed by atoms with Gasteiger partial charge in [0.05, 0.1) is 25.6 Å². The number of furan rings is 1. The predicted molar refractivity (Wildman–Crippen MR) is 104 cm³/mol. The molecule has 0 aliphatic carbocycles. The number of aromatic nitrogens is 2. The molecule has 4 aromatic rings. The van der Waals surface area contributed by atoms with E-state index in [0.29, 0.717) is 40.4 Å². The second-order valence-electron chi connectivity index (χ2n) is 6.19. The molecule has 0 fully saturated rings. The van der Waals surface area contributed by atoms with Crippen LogP contribution in [0.3, 0.4) is 0 Å². The van der Waals surface area contributed by atoms with E-state index in [1.165, 1.54) is 7.11 Å². The van der Waals surface area contributed by atoms with E-state index < -0.39 is 5.97 Å². The number of carbonyl (C=O) groups is 1. The molecule has 6 nitrogen and oxygen atoms in total. The molecule has 0 amide bonds. The lowest BCUT2D eigenvalue weighted by Gasteiger charge is -2.10. The Hall–Kier alpha value is -3.25. The van der Waals surface area contributed by atoms with Gasteiger partial charge in [0.1, 0.15) is 22.9 Å². The lowest BCUT2D eigenvalue weighted by molar-refractivity contribution is 0.0589. The Kier molecular flexibility index (Phi) is 4.79. The van der Waals surface area contributed by atoms with Crippen molar-refractivity contribution < 1.29 is 18.4 Å². The summed E-state index contributed by atoms with van der Waals surface area (Å²) in [5.74, 6) is 1.34. The summed E-state index contributed by atoms with van der Waals surface area (Å²) in [4.78, 5) is 16.8. The van der Waals surface area contributed by atoms with Gasteiger partial charge in [-0.2, -0.15) is 0 Å². The maximum Gasteiger partial charge on any atom is 0.354 e. The van der Waals surface area contributed by atoms with Crippen molar-refractivity contribution in [2.45, 2.75) is 13.5 Å². The summed E-state index contributed by atoms with van der Waals surface area (Å²) >= 11 is 6.07. The topological polar surface area (TPSA) is 70.4 Å². The molecular weight excluding hydrogens is 380 g/mol. The Morgan fingerprint density at radius 3 is 2.79 bits per heavy atom. The van der Waals surface area contributed by atoms with Gasteiger partial charge in [0.25, 0.3) is 0 Å². The van der Waals surface area contributed by atoms with Gasteiger partial charge in [-0.25, -0.2) is 9.78 Å². The second-order valence-corrected chi connectivity index (χ2v) is 6.63. The normalized spacial score (nSPS) is 11.0. The molecule has 0 aliphatic heterocycles. The maximum atomic E-state index is 12.2. The fourth-order valence-electron chi connectivity index (χ4n) is 3.03. The van der Waals surface area contributed by atoms with Gasteiger partial charge in [0.15, 0.2) is 0 Å². The molecule has 0 N–H and O–H groups in total. The van der Waals surface area contributed by atoms with Crippen molar-refractivity contribution in [2.75, 3.05) is 7.11 Å². The predicted octanol–water partition coefficient (Wildman–Crippen LogP) is 5.20. The SMILES string of the molecule is COC(=O)c1ccc(-c2ccco2)n1Cc1nc(-c2cccc(Cl)c2)oc1C. The number of hydrogen-bond donors (Lipinski definition) is 0. The van der Waals surface area contributed by atoms with Gasteiger partial charge < -0.3 is 18.1 Å². The number of rotatable bonds is 5. The number of methoxy groups -OCH3 is 1. The van der Waals surface area contributed by atoms with Crippen LogP contribution in [-0.4, -0.2) is 22.6 Å². The number of hydrogen-bond acceptors (Lipinski definition) is 5. The fraction of sp³-hybridized carbons (Fsp3) is 0.143. The van der Waals surface area contributed by atoms with Crippen molar-refractivity contribution >= 4 is 17.6 Å². The van der Waals surface area contributed by atoms with Crippen LogP contribution in [0.2, 0.25) is 5.02 Å². The maximum absolute atomic E-state index is 12.2. The van der Waals surface area contributed by atoms with Crippen molar-refractivity contribution in [1.29, 1.82) is 0 Å². The molecule has 4 rings (SSSR count). The largest absolute Gasteiger partial charge is 0.464 e. The Morgan fingerprint density at radius 1 is 1.21 bits per heavy atom. The van der Waals surface area contributed by atoms with E-state index in [1.807, 2.05) is 31.2 Å². The number of aryl methyl sites for hydroxylation is 1. The van der Waals surface area contributed by atoms with Gasteiger partial charge in [-0.05, 0) is 49.4 Å². The van der Waals surface area contributed by atoms with E-state index in [4.69, 9.17) is 25.2 Å². The molecule has 3 aromatic heterocycles. The zero-order valence-electron chi connectivity index (χ0n) is 15.3. The van der Waals surface area contributed by atoms with Gasteiger partial charge in [-0.15, -0.1) is 0 Å². The van der Waals surface area contributed by atoms with Crippen LogP contribution < -0.4 is 0 Å². The molecular formula is C21H17ClN2O4. The summed E-state index contributed by atoms with van der Waals surface area (Å²) in [5.41, 5.74) is 2.63.